The molecule has 0 aliphatic heterocycles. The van der Waals surface area contributed by atoms with Crippen molar-refractivity contribution in [1.29, 1.82) is 0 Å². The fourth-order valence-corrected chi connectivity index (χ4v) is 2.23. The Morgan fingerprint density at radius 3 is 2.46 bits per heavy atom. The minimum Gasteiger partial charge on any atom is -0.494 e. The minimum atomic E-state index is -0.276. The molecule has 0 fully saturated rings. The summed E-state index contributed by atoms with van der Waals surface area (Å²) < 4.78 is 5.40. The zero-order valence-corrected chi connectivity index (χ0v) is 14.3. The molecule has 2 heterocycles. The van der Waals surface area contributed by atoms with E-state index in [9.17, 15) is 4.79 Å². The van der Waals surface area contributed by atoms with Crippen molar-refractivity contribution in [2.45, 2.75) is 13.5 Å². The summed E-state index contributed by atoms with van der Waals surface area (Å²) in [6, 6.07) is 11.2. The Morgan fingerprint density at radius 2 is 1.81 bits per heavy atom. The van der Waals surface area contributed by atoms with Crippen molar-refractivity contribution in [3.8, 4) is 5.75 Å². The number of aromatic nitrogens is 3. The van der Waals surface area contributed by atoms with Gasteiger partial charge in [-0.25, -0.2) is 9.97 Å². The van der Waals surface area contributed by atoms with Gasteiger partial charge in [-0.05, 0) is 48.9 Å². The van der Waals surface area contributed by atoms with Crippen LogP contribution in [0.5, 0.6) is 5.75 Å². The van der Waals surface area contributed by atoms with Crippen LogP contribution >= 0.6 is 0 Å². The second-order valence-corrected chi connectivity index (χ2v) is 5.41. The van der Waals surface area contributed by atoms with Crippen LogP contribution < -0.4 is 15.4 Å². The molecular weight excluding hydrogens is 330 g/mol. The Morgan fingerprint density at radius 1 is 1.04 bits per heavy atom. The average Bonchev–Trinajstić information content (AvgIpc) is 2.69. The van der Waals surface area contributed by atoms with Gasteiger partial charge in [-0.1, -0.05) is 0 Å². The van der Waals surface area contributed by atoms with E-state index < -0.39 is 0 Å². The predicted molar refractivity (Wildman–Crippen MR) is 98.3 cm³/mol. The number of nitrogens with zero attached hydrogens (tertiary/aromatic N) is 3. The van der Waals surface area contributed by atoms with E-state index in [0.717, 1.165) is 17.0 Å². The first-order valence-electron chi connectivity index (χ1n) is 8.23. The van der Waals surface area contributed by atoms with E-state index in [1.54, 1.807) is 12.4 Å². The average molecular weight is 349 g/mol. The number of hydrogen-bond donors (Lipinski definition) is 2. The van der Waals surface area contributed by atoms with Gasteiger partial charge in [-0.15, -0.1) is 0 Å². The molecule has 26 heavy (non-hydrogen) atoms. The maximum absolute atomic E-state index is 12.1. The van der Waals surface area contributed by atoms with E-state index in [1.165, 1.54) is 12.4 Å². The zero-order chi connectivity index (χ0) is 18.2. The smallest absolute Gasteiger partial charge is 0.271 e. The SMILES string of the molecule is CCOc1ccc(Nc2cnc(C(=O)NCc3ccncc3)cn2)cc1. The van der Waals surface area contributed by atoms with Gasteiger partial charge in [0, 0.05) is 24.6 Å². The molecule has 1 aromatic carbocycles. The van der Waals surface area contributed by atoms with Crippen LogP contribution in [-0.4, -0.2) is 27.5 Å². The summed E-state index contributed by atoms with van der Waals surface area (Å²) in [5.41, 5.74) is 2.09. The molecule has 3 aromatic rings. The van der Waals surface area contributed by atoms with Crippen LogP contribution in [0.2, 0.25) is 0 Å². The van der Waals surface area contributed by atoms with Crippen LogP contribution in [0.3, 0.4) is 0 Å². The Balaban J connectivity index is 1.56. The molecule has 0 saturated heterocycles. The number of hydrogen-bond acceptors (Lipinski definition) is 6. The number of nitrogens with one attached hydrogen (secondary N) is 2. The van der Waals surface area contributed by atoms with Gasteiger partial charge < -0.3 is 15.4 Å². The van der Waals surface area contributed by atoms with Crippen LogP contribution in [0, 0.1) is 0 Å². The summed E-state index contributed by atoms with van der Waals surface area (Å²) in [6.45, 7) is 2.98. The lowest BCUT2D eigenvalue weighted by Crippen LogP contribution is -2.24. The zero-order valence-electron chi connectivity index (χ0n) is 14.3. The topological polar surface area (TPSA) is 89.0 Å². The molecule has 0 radical (unpaired) electrons. The maximum atomic E-state index is 12.1. The molecule has 1 amide bonds. The van der Waals surface area contributed by atoms with E-state index >= 15 is 0 Å². The van der Waals surface area contributed by atoms with Crippen molar-refractivity contribution in [2.75, 3.05) is 11.9 Å². The van der Waals surface area contributed by atoms with Crippen molar-refractivity contribution < 1.29 is 9.53 Å². The van der Waals surface area contributed by atoms with Crippen molar-refractivity contribution in [1.82, 2.24) is 20.3 Å². The highest BCUT2D eigenvalue weighted by Gasteiger charge is 2.08. The molecule has 2 N–H and O–H groups in total. The summed E-state index contributed by atoms with van der Waals surface area (Å²) in [5, 5.41) is 5.93. The van der Waals surface area contributed by atoms with Crippen molar-refractivity contribution in [2.24, 2.45) is 0 Å². The van der Waals surface area contributed by atoms with Crippen molar-refractivity contribution in [3.63, 3.8) is 0 Å². The first-order valence-corrected chi connectivity index (χ1v) is 8.23. The first-order chi connectivity index (χ1) is 12.7. The summed E-state index contributed by atoms with van der Waals surface area (Å²) >= 11 is 0. The van der Waals surface area contributed by atoms with E-state index in [-0.39, 0.29) is 11.6 Å². The Labute approximate surface area is 151 Å². The molecule has 132 valence electrons. The molecule has 0 bridgehead atoms. The number of carbonyl (C=O) groups is 1. The number of amides is 1. The van der Waals surface area contributed by atoms with E-state index in [4.69, 9.17) is 4.74 Å². The highest BCUT2D eigenvalue weighted by atomic mass is 16.5. The highest BCUT2D eigenvalue weighted by Crippen LogP contribution is 2.18. The second-order valence-electron chi connectivity index (χ2n) is 5.41. The number of anilines is 2. The fraction of sp³-hybridized carbons (Fsp3) is 0.158. The number of ether oxygens (including phenoxy) is 1. The third kappa shape index (κ3) is 4.76. The third-order valence-corrected chi connectivity index (χ3v) is 3.52. The largest absolute Gasteiger partial charge is 0.494 e. The number of rotatable bonds is 7. The quantitative estimate of drug-likeness (QED) is 0.682. The molecular formula is C19H19N5O2. The molecule has 0 atom stereocenters. The van der Waals surface area contributed by atoms with Gasteiger partial charge in [-0.3, -0.25) is 9.78 Å². The molecule has 0 aliphatic rings. The van der Waals surface area contributed by atoms with Gasteiger partial charge >= 0.3 is 0 Å². The standard InChI is InChI=1S/C19H19N5O2/c1-2-26-16-5-3-15(4-6-16)24-18-13-21-17(12-22-18)19(25)23-11-14-7-9-20-10-8-14/h3-10,12-13H,2,11H2,1H3,(H,22,24)(H,23,25). The van der Waals surface area contributed by atoms with Crippen LogP contribution in [-0.2, 0) is 6.54 Å². The molecule has 7 heteroatoms. The number of carbonyl (C=O) groups excluding carboxylic acids is 1. The molecule has 0 unspecified atom stereocenters. The van der Waals surface area contributed by atoms with E-state index in [2.05, 4.69) is 25.6 Å². The summed E-state index contributed by atoms with van der Waals surface area (Å²) in [6.07, 6.45) is 6.34. The summed E-state index contributed by atoms with van der Waals surface area (Å²) in [7, 11) is 0. The van der Waals surface area contributed by atoms with Gasteiger partial charge in [0.2, 0.25) is 0 Å². The third-order valence-electron chi connectivity index (χ3n) is 3.52. The predicted octanol–water partition coefficient (Wildman–Crippen LogP) is 2.94. The van der Waals surface area contributed by atoms with Gasteiger partial charge in [0.15, 0.2) is 0 Å². The second kappa shape index (κ2) is 8.57. The summed E-state index contributed by atoms with van der Waals surface area (Å²) in [5.74, 6) is 1.09. The number of pyridine rings is 1. The van der Waals surface area contributed by atoms with Gasteiger partial charge in [0.25, 0.3) is 5.91 Å². The van der Waals surface area contributed by atoms with Gasteiger partial charge in [0.05, 0.1) is 19.0 Å². The van der Waals surface area contributed by atoms with Crippen LogP contribution in [0.4, 0.5) is 11.5 Å². The van der Waals surface area contributed by atoms with Crippen LogP contribution in [0.1, 0.15) is 23.0 Å². The van der Waals surface area contributed by atoms with Crippen LogP contribution in [0.25, 0.3) is 0 Å². The van der Waals surface area contributed by atoms with Gasteiger partial charge in [0.1, 0.15) is 17.3 Å². The lowest BCUT2D eigenvalue weighted by molar-refractivity contribution is 0.0945. The fourth-order valence-electron chi connectivity index (χ4n) is 2.23. The van der Waals surface area contributed by atoms with Crippen LogP contribution in [0.15, 0.2) is 61.2 Å². The van der Waals surface area contributed by atoms with Crippen molar-refractivity contribution in [3.05, 3.63) is 72.4 Å². The van der Waals surface area contributed by atoms with E-state index in [0.29, 0.717) is 19.0 Å². The lowest BCUT2D eigenvalue weighted by Gasteiger charge is -2.08. The highest BCUT2D eigenvalue weighted by molar-refractivity contribution is 5.92. The van der Waals surface area contributed by atoms with E-state index in [1.807, 2.05) is 43.3 Å². The monoisotopic (exact) mass is 349 g/mol. The number of benzene rings is 1. The molecule has 7 nitrogen and oxygen atoms in total. The minimum absolute atomic E-state index is 0.260. The Kier molecular flexibility index (Phi) is 5.72. The van der Waals surface area contributed by atoms with Gasteiger partial charge in [-0.2, -0.15) is 0 Å². The summed E-state index contributed by atoms with van der Waals surface area (Å²) in [4.78, 5) is 24.5. The molecule has 0 spiro atoms. The maximum Gasteiger partial charge on any atom is 0.271 e. The Hall–Kier alpha value is -3.48. The first kappa shape index (κ1) is 17.3. The normalized spacial score (nSPS) is 10.2. The Bertz CT molecular complexity index is 836. The van der Waals surface area contributed by atoms with Crippen molar-refractivity contribution >= 4 is 17.4 Å². The molecule has 2 aromatic heterocycles. The lowest BCUT2D eigenvalue weighted by atomic mass is 10.2. The molecule has 3 rings (SSSR count). The molecule has 0 aliphatic carbocycles. The molecule has 0 saturated carbocycles.